The van der Waals surface area contributed by atoms with E-state index in [-0.39, 0.29) is 18.8 Å². The number of nitrogens with one attached hydrogen (secondary N) is 1. The van der Waals surface area contributed by atoms with Gasteiger partial charge in [0.15, 0.2) is 5.82 Å². The van der Waals surface area contributed by atoms with Gasteiger partial charge in [-0.1, -0.05) is 0 Å². The topological polar surface area (TPSA) is 95.4 Å². The molecule has 116 valence electrons. The summed E-state index contributed by atoms with van der Waals surface area (Å²) in [5.41, 5.74) is 1.70. The van der Waals surface area contributed by atoms with Crippen LogP contribution in [-0.2, 0) is 9.59 Å². The zero-order valence-electron chi connectivity index (χ0n) is 12.1. The van der Waals surface area contributed by atoms with Crippen molar-refractivity contribution in [2.45, 2.75) is 0 Å². The Morgan fingerprint density at radius 1 is 1.09 bits per heavy atom. The lowest BCUT2D eigenvalue weighted by Crippen LogP contribution is -2.34. The Labute approximate surface area is 132 Å². The molecule has 2 aromatic rings. The van der Waals surface area contributed by atoms with E-state index in [4.69, 9.17) is 5.11 Å². The number of hydrogen-bond acceptors (Lipinski definition) is 6. The SMILES string of the molecule is O=C1C=C(Nc2ccc(-c3ncccn3)cc2)C(=O)N1CCO. The second kappa shape index (κ2) is 6.37. The van der Waals surface area contributed by atoms with Crippen molar-refractivity contribution >= 4 is 17.5 Å². The number of carbonyl (C=O) groups is 2. The number of rotatable bonds is 5. The van der Waals surface area contributed by atoms with E-state index in [0.717, 1.165) is 10.5 Å². The summed E-state index contributed by atoms with van der Waals surface area (Å²) in [5.74, 6) is -0.264. The molecule has 0 saturated carbocycles. The molecule has 1 aromatic carbocycles. The summed E-state index contributed by atoms with van der Waals surface area (Å²) < 4.78 is 0. The minimum absolute atomic E-state index is 0.0103. The number of imide groups is 1. The van der Waals surface area contributed by atoms with Crippen molar-refractivity contribution in [2.75, 3.05) is 18.5 Å². The van der Waals surface area contributed by atoms with Gasteiger partial charge in [-0.15, -0.1) is 0 Å². The number of carbonyl (C=O) groups excluding carboxylic acids is 2. The molecule has 0 atom stereocenters. The quantitative estimate of drug-likeness (QED) is 0.793. The summed E-state index contributed by atoms with van der Waals surface area (Å²) in [6, 6.07) is 8.95. The van der Waals surface area contributed by atoms with Crippen LogP contribution in [0.25, 0.3) is 11.4 Å². The second-order valence-corrected chi connectivity index (χ2v) is 4.85. The van der Waals surface area contributed by atoms with Gasteiger partial charge in [-0.25, -0.2) is 9.97 Å². The molecule has 0 saturated heterocycles. The van der Waals surface area contributed by atoms with Crippen LogP contribution < -0.4 is 5.32 Å². The van der Waals surface area contributed by atoms with Crippen LogP contribution >= 0.6 is 0 Å². The lowest BCUT2D eigenvalue weighted by molar-refractivity contribution is -0.137. The molecule has 1 aliphatic rings. The average molecular weight is 310 g/mol. The number of hydrogen-bond donors (Lipinski definition) is 2. The van der Waals surface area contributed by atoms with E-state index in [1.54, 1.807) is 30.6 Å². The monoisotopic (exact) mass is 310 g/mol. The van der Waals surface area contributed by atoms with Gasteiger partial charge in [0.05, 0.1) is 13.2 Å². The van der Waals surface area contributed by atoms with Gasteiger partial charge < -0.3 is 10.4 Å². The number of aliphatic hydroxyl groups excluding tert-OH is 1. The van der Waals surface area contributed by atoms with Gasteiger partial charge in [-0.2, -0.15) is 0 Å². The van der Waals surface area contributed by atoms with Crippen LogP contribution in [-0.4, -0.2) is 44.9 Å². The van der Waals surface area contributed by atoms with E-state index < -0.39 is 11.8 Å². The molecule has 3 rings (SSSR count). The first-order valence-electron chi connectivity index (χ1n) is 7.02. The summed E-state index contributed by atoms with van der Waals surface area (Å²) in [7, 11) is 0. The van der Waals surface area contributed by atoms with E-state index in [9.17, 15) is 9.59 Å². The van der Waals surface area contributed by atoms with Gasteiger partial charge in [0.1, 0.15) is 5.70 Å². The van der Waals surface area contributed by atoms with Crippen molar-refractivity contribution in [1.29, 1.82) is 0 Å². The maximum absolute atomic E-state index is 12.0. The Kier molecular flexibility index (Phi) is 4.11. The number of anilines is 1. The number of β-amino-alcohol motifs (C(OH)–C–C–N with tert-alkyl or cyclic N) is 1. The average Bonchev–Trinajstić information content (AvgIpc) is 2.84. The normalized spacial score (nSPS) is 14.1. The third-order valence-electron chi connectivity index (χ3n) is 3.32. The zero-order valence-corrected chi connectivity index (χ0v) is 12.1. The van der Waals surface area contributed by atoms with Crippen molar-refractivity contribution in [3.05, 3.63) is 54.5 Å². The van der Waals surface area contributed by atoms with Gasteiger partial charge in [-0.05, 0) is 30.3 Å². The van der Waals surface area contributed by atoms with Crippen molar-refractivity contribution in [3.8, 4) is 11.4 Å². The van der Waals surface area contributed by atoms with Crippen LogP contribution in [0.4, 0.5) is 5.69 Å². The molecule has 0 spiro atoms. The summed E-state index contributed by atoms with van der Waals surface area (Å²) in [6.07, 6.45) is 4.56. The lowest BCUT2D eigenvalue weighted by Gasteiger charge is -2.13. The fourth-order valence-corrected chi connectivity index (χ4v) is 2.22. The van der Waals surface area contributed by atoms with Crippen LogP contribution in [0.3, 0.4) is 0 Å². The molecular weight excluding hydrogens is 296 g/mol. The minimum atomic E-state index is -0.445. The van der Waals surface area contributed by atoms with Gasteiger partial charge in [0.2, 0.25) is 0 Å². The molecule has 23 heavy (non-hydrogen) atoms. The Hall–Kier alpha value is -3.06. The first-order chi connectivity index (χ1) is 11.2. The van der Waals surface area contributed by atoms with Crippen LogP contribution in [0.1, 0.15) is 0 Å². The minimum Gasteiger partial charge on any atom is -0.395 e. The van der Waals surface area contributed by atoms with Gasteiger partial charge in [-0.3, -0.25) is 14.5 Å². The van der Waals surface area contributed by atoms with E-state index >= 15 is 0 Å². The molecule has 0 bridgehead atoms. The number of aromatic nitrogens is 2. The summed E-state index contributed by atoms with van der Waals surface area (Å²) >= 11 is 0. The smallest absolute Gasteiger partial charge is 0.277 e. The molecule has 7 heteroatoms. The number of amides is 2. The van der Waals surface area contributed by atoms with E-state index in [2.05, 4.69) is 15.3 Å². The van der Waals surface area contributed by atoms with E-state index in [1.165, 1.54) is 6.08 Å². The van der Waals surface area contributed by atoms with Crippen molar-refractivity contribution in [1.82, 2.24) is 14.9 Å². The largest absolute Gasteiger partial charge is 0.395 e. The second-order valence-electron chi connectivity index (χ2n) is 4.85. The molecule has 0 radical (unpaired) electrons. The molecule has 0 unspecified atom stereocenters. The van der Waals surface area contributed by atoms with E-state index in [0.29, 0.717) is 11.5 Å². The first-order valence-corrected chi connectivity index (χ1v) is 7.02. The highest BCUT2D eigenvalue weighted by Crippen LogP contribution is 2.20. The Morgan fingerprint density at radius 3 is 2.43 bits per heavy atom. The number of aliphatic hydroxyl groups is 1. The van der Waals surface area contributed by atoms with Gasteiger partial charge >= 0.3 is 0 Å². The van der Waals surface area contributed by atoms with Crippen molar-refractivity contribution in [3.63, 3.8) is 0 Å². The standard InChI is InChI=1S/C16H14N4O3/c21-9-8-20-14(22)10-13(16(20)23)19-12-4-2-11(3-5-12)15-17-6-1-7-18-15/h1-7,10,19,21H,8-9H2. The predicted molar refractivity (Wildman–Crippen MR) is 83.0 cm³/mol. The number of benzene rings is 1. The lowest BCUT2D eigenvalue weighted by atomic mass is 10.2. The maximum Gasteiger partial charge on any atom is 0.277 e. The van der Waals surface area contributed by atoms with Crippen LogP contribution in [0.5, 0.6) is 0 Å². The highest BCUT2D eigenvalue weighted by molar-refractivity contribution is 6.17. The summed E-state index contributed by atoms with van der Waals surface area (Å²) in [6.45, 7) is -0.270. The van der Waals surface area contributed by atoms with Crippen molar-refractivity contribution in [2.24, 2.45) is 0 Å². The Morgan fingerprint density at radius 2 is 1.78 bits per heavy atom. The van der Waals surface area contributed by atoms with Crippen LogP contribution in [0.2, 0.25) is 0 Å². The first kappa shape index (κ1) is 14.9. The van der Waals surface area contributed by atoms with Crippen LogP contribution in [0, 0.1) is 0 Å². The third kappa shape index (κ3) is 3.09. The molecule has 1 aromatic heterocycles. The molecule has 7 nitrogen and oxygen atoms in total. The molecule has 0 fully saturated rings. The molecular formula is C16H14N4O3. The van der Waals surface area contributed by atoms with Gasteiger partial charge in [0, 0.05) is 29.7 Å². The highest BCUT2D eigenvalue weighted by Gasteiger charge is 2.30. The molecule has 1 aliphatic heterocycles. The fraction of sp³-hybridized carbons (Fsp3) is 0.125. The zero-order chi connectivity index (χ0) is 16.2. The fourth-order valence-electron chi connectivity index (χ4n) is 2.22. The molecule has 0 aliphatic carbocycles. The Balaban J connectivity index is 1.73. The molecule has 2 N–H and O–H groups in total. The van der Waals surface area contributed by atoms with Gasteiger partial charge in [0.25, 0.3) is 11.8 Å². The van der Waals surface area contributed by atoms with Crippen LogP contribution in [0.15, 0.2) is 54.5 Å². The summed E-state index contributed by atoms with van der Waals surface area (Å²) in [4.78, 5) is 33.0. The molecule has 2 heterocycles. The van der Waals surface area contributed by atoms with E-state index in [1.807, 2.05) is 12.1 Å². The van der Waals surface area contributed by atoms with Crippen molar-refractivity contribution < 1.29 is 14.7 Å². The molecule has 2 amide bonds. The number of nitrogens with zero attached hydrogens (tertiary/aromatic N) is 3. The summed E-state index contributed by atoms with van der Waals surface area (Å²) in [5, 5.41) is 11.8. The third-order valence-corrected chi connectivity index (χ3v) is 3.32. The predicted octanol–water partition coefficient (Wildman–Crippen LogP) is 0.800. The highest BCUT2D eigenvalue weighted by atomic mass is 16.3. The maximum atomic E-state index is 12.0. The Bertz CT molecular complexity index is 757.